The summed E-state index contributed by atoms with van der Waals surface area (Å²) in [7, 11) is 0. The standard InChI is InChI=1S/C12H10Cl2N2O/c1-7-2-3-8(13)4-10(7)17-12-6-9(15)5-11(14)16-12/h2-6H,1H3,(H2,15,16). The number of aromatic nitrogens is 1. The van der Waals surface area contributed by atoms with E-state index in [2.05, 4.69) is 4.98 Å². The lowest BCUT2D eigenvalue weighted by Crippen LogP contribution is -1.93. The van der Waals surface area contributed by atoms with Gasteiger partial charge in [0.15, 0.2) is 0 Å². The normalized spacial score (nSPS) is 10.3. The molecule has 1 aromatic heterocycles. The van der Waals surface area contributed by atoms with Crippen molar-refractivity contribution in [2.75, 3.05) is 5.73 Å². The van der Waals surface area contributed by atoms with Gasteiger partial charge < -0.3 is 10.5 Å². The first-order valence-corrected chi connectivity index (χ1v) is 5.67. The largest absolute Gasteiger partial charge is 0.439 e. The molecule has 0 saturated carbocycles. The number of nitrogens with zero attached hydrogens (tertiary/aromatic N) is 1. The maximum Gasteiger partial charge on any atom is 0.222 e. The molecule has 0 bridgehead atoms. The molecule has 2 aromatic rings. The van der Waals surface area contributed by atoms with Gasteiger partial charge in [-0.15, -0.1) is 0 Å². The molecule has 1 heterocycles. The monoisotopic (exact) mass is 268 g/mol. The van der Waals surface area contributed by atoms with E-state index in [4.69, 9.17) is 33.7 Å². The van der Waals surface area contributed by atoms with Crippen LogP contribution >= 0.6 is 23.2 Å². The van der Waals surface area contributed by atoms with Crippen LogP contribution in [0.15, 0.2) is 30.3 Å². The summed E-state index contributed by atoms with van der Waals surface area (Å²) in [4.78, 5) is 4.02. The molecule has 0 radical (unpaired) electrons. The Morgan fingerprint density at radius 1 is 1.18 bits per heavy atom. The molecule has 17 heavy (non-hydrogen) atoms. The third-order valence-corrected chi connectivity index (χ3v) is 2.59. The summed E-state index contributed by atoms with van der Waals surface area (Å²) >= 11 is 11.7. The van der Waals surface area contributed by atoms with Crippen molar-refractivity contribution in [1.82, 2.24) is 4.98 Å². The Hall–Kier alpha value is -1.45. The predicted molar refractivity (Wildman–Crippen MR) is 69.9 cm³/mol. The number of halogens is 2. The van der Waals surface area contributed by atoms with E-state index in [9.17, 15) is 0 Å². The summed E-state index contributed by atoms with van der Waals surface area (Å²) in [5, 5.41) is 0.889. The van der Waals surface area contributed by atoms with Crippen LogP contribution in [0.2, 0.25) is 10.2 Å². The van der Waals surface area contributed by atoms with Crippen LogP contribution in [-0.2, 0) is 0 Å². The minimum Gasteiger partial charge on any atom is -0.439 e. The molecule has 2 N–H and O–H groups in total. The van der Waals surface area contributed by atoms with Crippen molar-refractivity contribution in [1.29, 1.82) is 0 Å². The van der Waals surface area contributed by atoms with Gasteiger partial charge in [-0.05, 0) is 30.7 Å². The number of pyridine rings is 1. The predicted octanol–water partition coefficient (Wildman–Crippen LogP) is 4.07. The van der Waals surface area contributed by atoms with Crippen LogP contribution < -0.4 is 10.5 Å². The molecular weight excluding hydrogens is 259 g/mol. The van der Waals surface area contributed by atoms with Crippen LogP contribution in [0.5, 0.6) is 11.6 Å². The van der Waals surface area contributed by atoms with Gasteiger partial charge in [0.05, 0.1) is 0 Å². The Morgan fingerprint density at radius 2 is 1.94 bits per heavy atom. The lowest BCUT2D eigenvalue weighted by Gasteiger charge is -2.08. The molecule has 0 saturated heterocycles. The van der Waals surface area contributed by atoms with Crippen molar-refractivity contribution in [2.45, 2.75) is 6.92 Å². The van der Waals surface area contributed by atoms with E-state index in [1.54, 1.807) is 24.3 Å². The Kier molecular flexibility index (Phi) is 3.41. The second-order valence-corrected chi connectivity index (χ2v) is 4.40. The molecular formula is C12H10Cl2N2O. The molecule has 0 aliphatic heterocycles. The van der Waals surface area contributed by atoms with Crippen LogP contribution in [0.4, 0.5) is 5.69 Å². The Morgan fingerprint density at radius 3 is 2.65 bits per heavy atom. The van der Waals surface area contributed by atoms with Gasteiger partial charge >= 0.3 is 0 Å². The fourth-order valence-electron chi connectivity index (χ4n) is 1.34. The molecule has 1 aromatic carbocycles. The van der Waals surface area contributed by atoms with Crippen LogP contribution in [-0.4, -0.2) is 4.98 Å². The number of aryl methyl sites for hydroxylation is 1. The van der Waals surface area contributed by atoms with Crippen LogP contribution in [0.1, 0.15) is 5.56 Å². The summed E-state index contributed by atoms with van der Waals surface area (Å²) in [6.45, 7) is 1.92. The molecule has 0 unspecified atom stereocenters. The van der Waals surface area contributed by atoms with E-state index >= 15 is 0 Å². The zero-order valence-electron chi connectivity index (χ0n) is 9.08. The van der Waals surface area contributed by atoms with Crippen molar-refractivity contribution in [2.24, 2.45) is 0 Å². The van der Waals surface area contributed by atoms with E-state index in [1.807, 2.05) is 13.0 Å². The second-order valence-electron chi connectivity index (χ2n) is 3.57. The first-order valence-electron chi connectivity index (χ1n) is 4.91. The third kappa shape index (κ3) is 3.02. The van der Waals surface area contributed by atoms with Gasteiger partial charge in [-0.1, -0.05) is 29.3 Å². The fraction of sp³-hybridized carbons (Fsp3) is 0.0833. The molecule has 5 heteroatoms. The lowest BCUT2D eigenvalue weighted by molar-refractivity contribution is 0.460. The van der Waals surface area contributed by atoms with Gasteiger partial charge in [-0.3, -0.25) is 0 Å². The summed E-state index contributed by atoms with van der Waals surface area (Å²) in [6.07, 6.45) is 0. The number of rotatable bonds is 2. The highest BCUT2D eigenvalue weighted by atomic mass is 35.5. The molecule has 0 aliphatic carbocycles. The maximum absolute atomic E-state index is 5.89. The highest BCUT2D eigenvalue weighted by Crippen LogP contribution is 2.28. The van der Waals surface area contributed by atoms with E-state index in [0.29, 0.717) is 27.5 Å². The highest BCUT2D eigenvalue weighted by molar-refractivity contribution is 6.30. The Labute approximate surface area is 109 Å². The van der Waals surface area contributed by atoms with Crippen molar-refractivity contribution in [3.8, 4) is 11.6 Å². The molecule has 0 fully saturated rings. The number of nitrogen functional groups attached to an aromatic ring is 1. The third-order valence-electron chi connectivity index (χ3n) is 2.16. The summed E-state index contributed by atoms with van der Waals surface area (Å²) in [6, 6.07) is 8.54. The van der Waals surface area contributed by atoms with Gasteiger partial charge in [0.1, 0.15) is 10.9 Å². The van der Waals surface area contributed by atoms with Crippen molar-refractivity contribution in [3.05, 3.63) is 46.1 Å². The molecule has 3 nitrogen and oxygen atoms in total. The molecule has 2 rings (SSSR count). The topological polar surface area (TPSA) is 48.1 Å². The number of hydrogen-bond acceptors (Lipinski definition) is 3. The summed E-state index contributed by atoms with van der Waals surface area (Å²) in [5.74, 6) is 0.979. The van der Waals surface area contributed by atoms with Gasteiger partial charge in [0, 0.05) is 16.8 Å². The fourth-order valence-corrected chi connectivity index (χ4v) is 1.71. The highest BCUT2D eigenvalue weighted by Gasteiger charge is 2.05. The molecule has 0 spiro atoms. The average molecular weight is 269 g/mol. The summed E-state index contributed by atoms with van der Waals surface area (Å²) < 4.78 is 5.59. The van der Waals surface area contributed by atoms with E-state index < -0.39 is 0 Å². The van der Waals surface area contributed by atoms with Gasteiger partial charge in [0.25, 0.3) is 0 Å². The van der Waals surface area contributed by atoms with Crippen molar-refractivity contribution in [3.63, 3.8) is 0 Å². The van der Waals surface area contributed by atoms with Crippen molar-refractivity contribution < 1.29 is 4.74 Å². The lowest BCUT2D eigenvalue weighted by atomic mass is 10.2. The minimum atomic E-state index is 0.291. The number of hydrogen-bond donors (Lipinski definition) is 1. The van der Waals surface area contributed by atoms with Gasteiger partial charge in [-0.25, -0.2) is 4.98 Å². The molecule has 0 aliphatic rings. The van der Waals surface area contributed by atoms with Gasteiger partial charge in [0.2, 0.25) is 5.88 Å². The molecule has 88 valence electrons. The van der Waals surface area contributed by atoms with E-state index in [1.165, 1.54) is 0 Å². The second kappa shape index (κ2) is 4.82. The van der Waals surface area contributed by atoms with Gasteiger partial charge in [-0.2, -0.15) is 0 Å². The smallest absolute Gasteiger partial charge is 0.222 e. The average Bonchev–Trinajstić information content (AvgIpc) is 2.22. The quantitative estimate of drug-likeness (QED) is 0.836. The minimum absolute atomic E-state index is 0.291. The Balaban J connectivity index is 2.34. The van der Waals surface area contributed by atoms with Crippen LogP contribution in [0.3, 0.4) is 0 Å². The van der Waals surface area contributed by atoms with Crippen LogP contribution in [0.25, 0.3) is 0 Å². The first kappa shape index (κ1) is 12.0. The maximum atomic E-state index is 5.89. The van der Waals surface area contributed by atoms with E-state index in [-0.39, 0.29) is 0 Å². The SMILES string of the molecule is Cc1ccc(Cl)cc1Oc1cc(N)cc(Cl)n1. The van der Waals surface area contributed by atoms with Crippen molar-refractivity contribution >= 4 is 28.9 Å². The molecule has 0 amide bonds. The van der Waals surface area contributed by atoms with Crippen LogP contribution in [0, 0.1) is 6.92 Å². The zero-order valence-corrected chi connectivity index (χ0v) is 10.6. The van der Waals surface area contributed by atoms with E-state index in [0.717, 1.165) is 5.56 Å². The zero-order chi connectivity index (χ0) is 12.4. The molecule has 0 atom stereocenters. The number of anilines is 1. The number of benzene rings is 1. The number of ether oxygens (including phenoxy) is 1. The Bertz CT molecular complexity index is 538. The summed E-state index contributed by atoms with van der Waals surface area (Å²) in [5.41, 5.74) is 7.10. The first-order chi connectivity index (χ1) is 8.04. The number of nitrogens with two attached hydrogens (primary N) is 1.